The average molecular weight is 342 g/mol. The second-order valence-electron chi connectivity index (χ2n) is 6.61. The van der Waals surface area contributed by atoms with Crippen molar-refractivity contribution in [1.29, 1.82) is 0 Å². The van der Waals surface area contributed by atoms with Crippen LogP contribution in [0.25, 0.3) is 0 Å². The number of nitrogens with one attached hydrogen (secondary N) is 1. The van der Waals surface area contributed by atoms with Gasteiger partial charge in [0.1, 0.15) is 0 Å². The Morgan fingerprint density at radius 2 is 1.95 bits per heavy atom. The normalized spacial score (nSPS) is 13.6. The van der Waals surface area contributed by atoms with Gasteiger partial charge in [-0.2, -0.15) is 4.98 Å². The number of aromatic nitrogens is 4. The fourth-order valence-electron chi connectivity index (χ4n) is 1.53. The van der Waals surface area contributed by atoms with Crippen molar-refractivity contribution in [2.24, 2.45) is 5.92 Å². The zero-order valence-corrected chi connectivity index (χ0v) is 15.5. The third-order valence-corrected chi connectivity index (χ3v) is 4.86. The molecule has 0 amide bonds. The van der Waals surface area contributed by atoms with Gasteiger partial charge in [0.05, 0.1) is 5.25 Å². The molecule has 0 aliphatic rings. The van der Waals surface area contributed by atoms with Crippen LogP contribution >= 0.6 is 23.1 Å². The zero-order chi connectivity index (χ0) is 16.3. The highest BCUT2D eigenvalue weighted by Crippen LogP contribution is 2.37. The molecule has 8 heteroatoms. The summed E-state index contributed by atoms with van der Waals surface area (Å²) >= 11 is 3.13. The van der Waals surface area contributed by atoms with E-state index in [4.69, 9.17) is 4.52 Å². The van der Waals surface area contributed by atoms with Crippen LogP contribution in [0.4, 0.5) is 5.13 Å². The molecule has 0 saturated heterocycles. The Morgan fingerprint density at radius 3 is 2.55 bits per heavy atom. The van der Waals surface area contributed by atoms with Crippen molar-refractivity contribution >= 4 is 28.2 Å². The van der Waals surface area contributed by atoms with Crippen LogP contribution in [-0.4, -0.2) is 26.9 Å². The quantitative estimate of drug-likeness (QED) is 0.791. The van der Waals surface area contributed by atoms with E-state index in [0.29, 0.717) is 11.8 Å². The van der Waals surface area contributed by atoms with Crippen molar-refractivity contribution in [1.82, 2.24) is 20.3 Å². The van der Waals surface area contributed by atoms with Gasteiger partial charge in [0.25, 0.3) is 0 Å². The van der Waals surface area contributed by atoms with Crippen LogP contribution in [0.2, 0.25) is 0 Å². The number of hydrogen-bond acceptors (Lipinski definition) is 8. The number of anilines is 1. The number of nitrogens with zero attached hydrogens (tertiary/aromatic N) is 4. The average Bonchev–Trinajstić information content (AvgIpc) is 3.04. The van der Waals surface area contributed by atoms with Crippen LogP contribution in [0.3, 0.4) is 0 Å². The molecule has 6 nitrogen and oxygen atoms in total. The van der Waals surface area contributed by atoms with E-state index in [-0.39, 0.29) is 10.7 Å². The third kappa shape index (κ3) is 4.67. The molecule has 0 saturated carbocycles. The van der Waals surface area contributed by atoms with E-state index < -0.39 is 0 Å². The van der Waals surface area contributed by atoms with Gasteiger partial charge >= 0.3 is 0 Å². The molecule has 0 aliphatic heterocycles. The lowest BCUT2D eigenvalue weighted by Gasteiger charge is -2.11. The summed E-state index contributed by atoms with van der Waals surface area (Å²) in [6.07, 6.45) is 0. The Labute approximate surface area is 139 Å². The molecule has 0 aromatic carbocycles. The minimum absolute atomic E-state index is 0.0505. The second kappa shape index (κ2) is 6.95. The lowest BCUT2D eigenvalue weighted by Crippen LogP contribution is -2.13. The number of rotatable bonds is 6. The molecule has 0 aliphatic carbocycles. The minimum atomic E-state index is -0.108. The molecule has 0 radical (unpaired) electrons. The van der Waals surface area contributed by atoms with Gasteiger partial charge in [-0.3, -0.25) is 0 Å². The maximum Gasteiger partial charge on any atom is 0.239 e. The first kappa shape index (κ1) is 17.2. The maximum atomic E-state index is 5.37. The summed E-state index contributed by atoms with van der Waals surface area (Å²) in [7, 11) is 0. The maximum absolute atomic E-state index is 5.37. The minimum Gasteiger partial charge on any atom is -0.360 e. The van der Waals surface area contributed by atoms with Gasteiger partial charge in [-0.25, -0.2) is 0 Å². The van der Waals surface area contributed by atoms with Crippen molar-refractivity contribution in [2.75, 3.05) is 11.9 Å². The van der Waals surface area contributed by atoms with Crippen LogP contribution in [0.5, 0.6) is 0 Å². The SMILES string of the molecule is CC(C)CNc1nnc(SC(C)c2nc(C(C)(C)C)no2)s1. The Balaban J connectivity index is 1.97. The number of thioether (sulfide) groups is 1. The molecule has 2 heterocycles. The Kier molecular flexibility index (Phi) is 5.44. The first-order chi connectivity index (χ1) is 10.3. The molecular formula is C14H23N5OS2. The van der Waals surface area contributed by atoms with Crippen LogP contribution < -0.4 is 5.32 Å². The van der Waals surface area contributed by atoms with Gasteiger partial charge in [0.15, 0.2) is 10.2 Å². The molecule has 2 aromatic heterocycles. The molecule has 1 unspecified atom stereocenters. The summed E-state index contributed by atoms with van der Waals surface area (Å²) in [6.45, 7) is 13.5. The van der Waals surface area contributed by atoms with E-state index >= 15 is 0 Å². The van der Waals surface area contributed by atoms with Crippen LogP contribution in [0, 0.1) is 5.92 Å². The summed E-state index contributed by atoms with van der Waals surface area (Å²) in [4.78, 5) is 4.49. The Morgan fingerprint density at radius 1 is 1.23 bits per heavy atom. The lowest BCUT2D eigenvalue weighted by atomic mass is 9.96. The summed E-state index contributed by atoms with van der Waals surface area (Å²) in [5.74, 6) is 1.93. The summed E-state index contributed by atoms with van der Waals surface area (Å²) < 4.78 is 6.27. The molecule has 0 fully saturated rings. The molecular weight excluding hydrogens is 318 g/mol. The fraction of sp³-hybridized carbons (Fsp3) is 0.714. The van der Waals surface area contributed by atoms with E-state index in [9.17, 15) is 0 Å². The Hall–Kier alpha value is -1.15. The van der Waals surface area contributed by atoms with Gasteiger partial charge in [-0.15, -0.1) is 10.2 Å². The molecule has 122 valence electrons. The molecule has 1 atom stereocenters. The smallest absolute Gasteiger partial charge is 0.239 e. The lowest BCUT2D eigenvalue weighted by molar-refractivity contribution is 0.364. The fourth-order valence-corrected chi connectivity index (χ4v) is 3.46. The van der Waals surface area contributed by atoms with Crippen molar-refractivity contribution < 1.29 is 4.52 Å². The van der Waals surface area contributed by atoms with Crippen molar-refractivity contribution in [3.05, 3.63) is 11.7 Å². The predicted octanol–water partition coefficient (Wildman–Crippen LogP) is 4.14. The molecule has 0 bridgehead atoms. The van der Waals surface area contributed by atoms with E-state index in [0.717, 1.165) is 21.8 Å². The highest BCUT2D eigenvalue weighted by atomic mass is 32.2. The Bertz CT molecular complexity index is 602. The highest BCUT2D eigenvalue weighted by molar-refractivity contribution is 8.01. The molecule has 2 rings (SSSR count). The highest BCUT2D eigenvalue weighted by Gasteiger charge is 2.24. The van der Waals surface area contributed by atoms with E-state index in [1.54, 1.807) is 23.1 Å². The summed E-state index contributed by atoms with van der Waals surface area (Å²) in [5.41, 5.74) is -0.108. The predicted molar refractivity (Wildman–Crippen MR) is 90.5 cm³/mol. The first-order valence-corrected chi connectivity index (χ1v) is 9.03. The molecule has 2 aromatic rings. The van der Waals surface area contributed by atoms with Crippen molar-refractivity contribution in [2.45, 2.75) is 56.5 Å². The van der Waals surface area contributed by atoms with E-state index in [1.165, 1.54) is 0 Å². The van der Waals surface area contributed by atoms with Crippen LogP contribution in [0.1, 0.15) is 58.5 Å². The van der Waals surface area contributed by atoms with E-state index in [2.05, 4.69) is 60.3 Å². The van der Waals surface area contributed by atoms with Crippen LogP contribution in [-0.2, 0) is 5.41 Å². The summed E-state index contributed by atoms with van der Waals surface area (Å²) in [6, 6.07) is 0. The van der Waals surface area contributed by atoms with Crippen molar-refractivity contribution in [3.8, 4) is 0 Å². The second-order valence-corrected chi connectivity index (χ2v) is 9.18. The zero-order valence-electron chi connectivity index (χ0n) is 13.9. The van der Waals surface area contributed by atoms with Crippen molar-refractivity contribution in [3.63, 3.8) is 0 Å². The van der Waals surface area contributed by atoms with Crippen LogP contribution in [0.15, 0.2) is 8.86 Å². The topological polar surface area (TPSA) is 76.7 Å². The van der Waals surface area contributed by atoms with Gasteiger partial charge in [0, 0.05) is 12.0 Å². The monoisotopic (exact) mass is 341 g/mol. The largest absolute Gasteiger partial charge is 0.360 e. The van der Waals surface area contributed by atoms with E-state index in [1.807, 2.05) is 6.92 Å². The van der Waals surface area contributed by atoms with Gasteiger partial charge < -0.3 is 9.84 Å². The molecule has 1 N–H and O–H groups in total. The number of hydrogen-bond donors (Lipinski definition) is 1. The standard InChI is InChI=1S/C14H23N5OS2/c1-8(2)7-15-12-17-18-13(22-12)21-9(3)10-16-11(19-20-10)14(4,5)6/h8-9H,7H2,1-6H3,(H,15,17). The molecule has 0 spiro atoms. The van der Waals surface area contributed by atoms with Gasteiger partial charge in [0.2, 0.25) is 11.0 Å². The van der Waals surface area contributed by atoms with Gasteiger partial charge in [-0.05, 0) is 12.8 Å². The molecule has 22 heavy (non-hydrogen) atoms. The van der Waals surface area contributed by atoms with Gasteiger partial charge in [-0.1, -0.05) is 62.9 Å². The first-order valence-electron chi connectivity index (χ1n) is 7.34. The third-order valence-electron chi connectivity index (χ3n) is 2.81. The summed E-state index contributed by atoms with van der Waals surface area (Å²) in [5, 5.41) is 16.6.